The van der Waals surface area contributed by atoms with Crippen LogP contribution in [0, 0.1) is 12.3 Å². The lowest BCUT2D eigenvalue weighted by atomic mass is 9.90. The number of imide groups is 1. The number of carbonyl (C=O) groups is 4. The van der Waals surface area contributed by atoms with E-state index < -0.39 is 6.17 Å². The number of hydrogen-bond donors (Lipinski definition) is 5. The number of aryl methyl sites for hydroxylation is 1. The molecular formula is C39H45N9O5. The minimum atomic E-state index is -0.788. The van der Waals surface area contributed by atoms with Gasteiger partial charge < -0.3 is 20.8 Å². The predicted octanol–water partition coefficient (Wildman–Crippen LogP) is 3.73. The zero-order valence-corrected chi connectivity index (χ0v) is 30.4. The first-order valence-corrected chi connectivity index (χ1v) is 18.1. The van der Waals surface area contributed by atoms with Crippen LogP contribution in [-0.4, -0.2) is 68.4 Å². The Hall–Kier alpha value is -5.47. The van der Waals surface area contributed by atoms with Crippen LogP contribution in [0.15, 0.2) is 66.0 Å². The second kappa shape index (κ2) is 14.9. The molecule has 1 saturated carbocycles. The first-order valence-electron chi connectivity index (χ1n) is 18.1. The predicted molar refractivity (Wildman–Crippen MR) is 198 cm³/mol. The maximum atomic E-state index is 13.1. The third-order valence-electron chi connectivity index (χ3n) is 10.1. The summed E-state index contributed by atoms with van der Waals surface area (Å²) in [5, 5.41) is 16.4. The molecule has 4 amide bonds. The summed E-state index contributed by atoms with van der Waals surface area (Å²) in [7, 11) is 0. The smallest absolute Gasteiger partial charge is 0.263 e. The summed E-state index contributed by atoms with van der Waals surface area (Å²) in [6, 6.07) is 15.5. The first kappa shape index (κ1) is 35.9. The third-order valence-corrected chi connectivity index (χ3v) is 10.1. The quantitative estimate of drug-likeness (QED) is 0.161. The van der Waals surface area contributed by atoms with Gasteiger partial charge in [0, 0.05) is 53.4 Å². The molecule has 4 heterocycles. The number of benzene rings is 2. The van der Waals surface area contributed by atoms with Gasteiger partial charge in [-0.1, -0.05) is 45.0 Å². The molecule has 0 spiro atoms. The molecular weight excluding hydrogens is 674 g/mol. The molecule has 2 aliphatic heterocycles. The summed E-state index contributed by atoms with van der Waals surface area (Å²) in [5.74, 6) is -0.342. The monoisotopic (exact) mass is 719 g/mol. The van der Waals surface area contributed by atoms with E-state index in [9.17, 15) is 19.2 Å². The van der Waals surface area contributed by atoms with Crippen LogP contribution in [0.1, 0.15) is 80.8 Å². The molecule has 3 aliphatic rings. The lowest BCUT2D eigenvalue weighted by Crippen LogP contribution is -2.54. The Balaban J connectivity index is 0.953. The standard InChI is InChI=1S/C39H45N9O5/c1-22-17-25(9-10-26(22)19-40-37(52)34-46-38(53-47-34)39(2,3)4)33-31-18-27(20-48(31)42-21-41-33)23-5-7-24(8-6-23)35(50)44-29-13-11-28(12-14-29)43-30-15-16-32(49)45-36(30)51/h5-10,17-18,20-21,28-30,34,43,47H,11-16,19H2,1-4H3,(H,40,52)(H,44,50)(H,45,49,51). The van der Waals surface area contributed by atoms with Crippen LogP contribution in [0.25, 0.3) is 27.9 Å². The van der Waals surface area contributed by atoms with Gasteiger partial charge in [-0.15, -0.1) is 5.48 Å². The average molecular weight is 720 g/mol. The summed E-state index contributed by atoms with van der Waals surface area (Å²) < 4.78 is 1.80. The second-order valence-electron chi connectivity index (χ2n) is 15.1. The van der Waals surface area contributed by atoms with Gasteiger partial charge in [0.1, 0.15) is 6.33 Å². The molecule has 2 aromatic heterocycles. The normalized spacial score (nSPS) is 21.8. The van der Waals surface area contributed by atoms with E-state index in [4.69, 9.17) is 4.84 Å². The van der Waals surface area contributed by atoms with E-state index in [0.717, 1.165) is 64.7 Å². The van der Waals surface area contributed by atoms with E-state index in [0.29, 0.717) is 30.8 Å². The van der Waals surface area contributed by atoms with Crippen molar-refractivity contribution in [1.29, 1.82) is 0 Å². The first-order chi connectivity index (χ1) is 25.4. The third kappa shape index (κ3) is 8.13. The van der Waals surface area contributed by atoms with Crippen molar-refractivity contribution in [3.05, 3.63) is 77.7 Å². The highest BCUT2D eigenvalue weighted by atomic mass is 16.7. The van der Waals surface area contributed by atoms with E-state index >= 15 is 0 Å². The Morgan fingerprint density at radius 3 is 2.38 bits per heavy atom. The summed E-state index contributed by atoms with van der Waals surface area (Å²) in [6.45, 7) is 8.27. The molecule has 2 unspecified atom stereocenters. The molecule has 276 valence electrons. The molecule has 2 aromatic carbocycles. The van der Waals surface area contributed by atoms with Crippen molar-refractivity contribution >= 4 is 35.0 Å². The fourth-order valence-corrected chi connectivity index (χ4v) is 7.00. The molecule has 7 rings (SSSR count). The van der Waals surface area contributed by atoms with Crippen LogP contribution in [0.5, 0.6) is 0 Å². The number of amides is 4. The van der Waals surface area contributed by atoms with Crippen LogP contribution in [0.4, 0.5) is 0 Å². The van der Waals surface area contributed by atoms with E-state index in [2.05, 4.69) is 47.9 Å². The Labute approximate surface area is 307 Å². The molecule has 1 saturated heterocycles. The molecule has 0 radical (unpaired) electrons. The molecule has 2 fully saturated rings. The number of hydroxylamine groups is 1. The summed E-state index contributed by atoms with van der Waals surface area (Å²) in [4.78, 5) is 63.8. The molecule has 0 bridgehead atoms. The van der Waals surface area contributed by atoms with Crippen molar-refractivity contribution in [2.75, 3.05) is 0 Å². The minimum absolute atomic E-state index is 0.0631. The molecule has 2 atom stereocenters. The fourth-order valence-electron chi connectivity index (χ4n) is 7.00. The van der Waals surface area contributed by atoms with Gasteiger partial charge in [-0.05, 0) is 80.0 Å². The van der Waals surface area contributed by atoms with E-state index in [-0.39, 0.29) is 47.2 Å². The number of nitrogens with zero attached hydrogens (tertiary/aromatic N) is 4. The average Bonchev–Trinajstić information content (AvgIpc) is 3.82. The zero-order chi connectivity index (χ0) is 37.3. The van der Waals surface area contributed by atoms with Gasteiger partial charge in [-0.25, -0.2) is 14.5 Å². The van der Waals surface area contributed by atoms with Gasteiger partial charge in [-0.3, -0.25) is 24.5 Å². The van der Waals surface area contributed by atoms with Crippen molar-refractivity contribution in [1.82, 2.24) is 41.3 Å². The molecule has 14 nitrogen and oxygen atoms in total. The fraction of sp³-hybridized carbons (Fsp3) is 0.410. The molecule has 1 aliphatic carbocycles. The maximum absolute atomic E-state index is 13.1. The topological polar surface area (TPSA) is 180 Å². The number of hydrogen-bond acceptors (Lipinski definition) is 10. The van der Waals surface area contributed by atoms with Crippen LogP contribution < -0.4 is 26.7 Å². The Morgan fingerprint density at radius 2 is 1.68 bits per heavy atom. The van der Waals surface area contributed by atoms with Crippen LogP contribution >= 0.6 is 0 Å². The van der Waals surface area contributed by atoms with Gasteiger partial charge in [-0.2, -0.15) is 5.10 Å². The van der Waals surface area contributed by atoms with Crippen molar-refractivity contribution in [2.45, 2.75) is 97.1 Å². The van der Waals surface area contributed by atoms with Crippen molar-refractivity contribution in [3.63, 3.8) is 0 Å². The van der Waals surface area contributed by atoms with E-state index in [1.54, 1.807) is 4.52 Å². The second-order valence-corrected chi connectivity index (χ2v) is 15.1. The SMILES string of the molecule is Cc1cc(-c2ncnn3cc(-c4ccc(C(=O)NC5CCC(NC6CCC(=O)NC6=O)CC5)cc4)cc23)ccc1CNC(=O)C1N=C(C(C)(C)C)ON1. The lowest BCUT2D eigenvalue weighted by molar-refractivity contribution is -0.135. The lowest BCUT2D eigenvalue weighted by Gasteiger charge is -2.33. The molecule has 4 aromatic rings. The van der Waals surface area contributed by atoms with Gasteiger partial charge in [0.25, 0.3) is 11.8 Å². The number of aliphatic imine (C=N–C) groups is 1. The highest BCUT2D eigenvalue weighted by Crippen LogP contribution is 2.30. The summed E-state index contributed by atoms with van der Waals surface area (Å²) in [6.07, 6.45) is 6.89. The van der Waals surface area contributed by atoms with E-state index in [1.165, 1.54) is 6.33 Å². The van der Waals surface area contributed by atoms with Crippen molar-refractivity contribution < 1.29 is 24.0 Å². The number of rotatable bonds is 9. The van der Waals surface area contributed by atoms with Gasteiger partial charge in [0.2, 0.25) is 23.9 Å². The van der Waals surface area contributed by atoms with Crippen molar-refractivity contribution in [2.24, 2.45) is 10.4 Å². The van der Waals surface area contributed by atoms with Crippen LogP contribution in [-0.2, 0) is 25.8 Å². The number of piperidine rings is 1. The Morgan fingerprint density at radius 1 is 0.943 bits per heavy atom. The molecule has 53 heavy (non-hydrogen) atoms. The van der Waals surface area contributed by atoms with Crippen molar-refractivity contribution in [3.8, 4) is 22.4 Å². The largest absolute Gasteiger partial charge is 0.390 e. The minimum Gasteiger partial charge on any atom is -0.390 e. The Bertz CT molecular complexity index is 2080. The number of aromatic nitrogens is 3. The number of nitrogens with one attached hydrogen (secondary N) is 5. The molecule has 5 N–H and O–H groups in total. The van der Waals surface area contributed by atoms with Gasteiger partial charge in [0.15, 0.2) is 0 Å². The number of carbonyl (C=O) groups excluding carboxylic acids is 4. The highest BCUT2D eigenvalue weighted by molar-refractivity contribution is 6.00. The Kier molecular flexibility index (Phi) is 10.1. The highest BCUT2D eigenvalue weighted by Gasteiger charge is 2.33. The van der Waals surface area contributed by atoms with E-state index in [1.807, 2.05) is 76.4 Å². The maximum Gasteiger partial charge on any atom is 0.263 e. The van der Waals surface area contributed by atoms with Gasteiger partial charge in [0.05, 0.1) is 17.3 Å². The molecule has 14 heteroatoms. The van der Waals surface area contributed by atoms with Crippen LogP contribution in [0.2, 0.25) is 0 Å². The summed E-state index contributed by atoms with van der Waals surface area (Å²) >= 11 is 0. The summed E-state index contributed by atoms with van der Waals surface area (Å²) in [5.41, 5.74) is 9.39. The van der Waals surface area contributed by atoms with Gasteiger partial charge >= 0.3 is 0 Å². The van der Waals surface area contributed by atoms with Crippen LogP contribution in [0.3, 0.4) is 0 Å². The zero-order valence-electron chi connectivity index (χ0n) is 30.4. The number of fused-ring (bicyclic) bond motifs is 1.